The quantitative estimate of drug-likeness (QED) is 0.768. The predicted molar refractivity (Wildman–Crippen MR) is 96.1 cm³/mol. The minimum atomic E-state index is -0.279. The average Bonchev–Trinajstić information content (AvgIpc) is 3.15. The van der Waals surface area contributed by atoms with E-state index < -0.39 is 0 Å². The number of nitrogens with zero attached hydrogens (tertiary/aromatic N) is 2. The second kappa shape index (κ2) is 8.17. The molecule has 0 bridgehead atoms. The first-order chi connectivity index (χ1) is 12.6. The molecule has 0 N–H and O–H groups in total. The Bertz CT molecular complexity index is 766. The standard InChI is InChI=1S/C20H24N2O4/c1-3-18(23)22-10-4-5-16(11-22)20(24)26-13-17-12-25-19(21-17)15-8-6-14(2)7-9-15/h6-9,12,16H,3-5,10-11,13H2,1-2H3. The fourth-order valence-corrected chi connectivity index (χ4v) is 3.08. The molecule has 2 aromatic rings. The molecular weight excluding hydrogens is 332 g/mol. The minimum absolute atomic E-state index is 0.0758. The van der Waals surface area contributed by atoms with Crippen LogP contribution in [0.4, 0.5) is 0 Å². The number of ether oxygens (including phenoxy) is 1. The van der Waals surface area contributed by atoms with Gasteiger partial charge in [0.1, 0.15) is 18.6 Å². The van der Waals surface area contributed by atoms with Crippen LogP contribution in [0, 0.1) is 12.8 Å². The van der Waals surface area contributed by atoms with E-state index in [0.29, 0.717) is 24.6 Å². The molecule has 1 saturated heterocycles. The van der Waals surface area contributed by atoms with Crippen molar-refractivity contribution >= 4 is 11.9 Å². The summed E-state index contributed by atoms with van der Waals surface area (Å²) in [7, 11) is 0. The van der Waals surface area contributed by atoms with Crippen molar-refractivity contribution in [2.24, 2.45) is 5.92 Å². The van der Waals surface area contributed by atoms with E-state index in [0.717, 1.165) is 30.5 Å². The van der Waals surface area contributed by atoms with E-state index in [1.54, 1.807) is 4.90 Å². The Morgan fingerprint density at radius 1 is 1.31 bits per heavy atom. The Morgan fingerprint density at radius 2 is 2.08 bits per heavy atom. The van der Waals surface area contributed by atoms with Crippen molar-refractivity contribution in [2.45, 2.75) is 39.7 Å². The molecule has 1 amide bonds. The Labute approximate surface area is 153 Å². The number of esters is 1. The molecule has 6 nitrogen and oxygen atoms in total. The van der Waals surface area contributed by atoms with Crippen molar-refractivity contribution in [1.82, 2.24) is 9.88 Å². The topological polar surface area (TPSA) is 72.6 Å². The number of hydrogen-bond acceptors (Lipinski definition) is 5. The van der Waals surface area contributed by atoms with Crippen LogP contribution in [0.1, 0.15) is 37.4 Å². The fourth-order valence-electron chi connectivity index (χ4n) is 3.08. The maximum Gasteiger partial charge on any atom is 0.311 e. The minimum Gasteiger partial charge on any atom is -0.459 e. The van der Waals surface area contributed by atoms with E-state index in [-0.39, 0.29) is 24.4 Å². The van der Waals surface area contributed by atoms with E-state index >= 15 is 0 Å². The third-order valence-electron chi connectivity index (χ3n) is 4.62. The third kappa shape index (κ3) is 4.31. The molecule has 138 valence electrons. The van der Waals surface area contributed by atoms with Gasteiger partial charge in [-0.15, -0.1) is 0 Å². The number of carbonyl (C=O) groups excluding carboxylic acids is 2. The van der Waals surface area contributed by atoms with E-state index in [1.165, 1.54) is 6.26 Å². The lowest BCUT2D eigenvalue weighted by molar-refractivity contribution is -0.153. The first kappa shape index (κ1) is 18.2. The van der Waals surface area contributed by atoms with Crippen LogP contribution >= 0.6 is 0 Å². The molecule has 6 heteroatoms. The molecule has 0 spiro atoms. The Morgan fingerprint density at radius 3 is 2.81 bits per heavy atom. The van der Waals surface area contributed by atoms with Gasteiger partial charge in [0.15, 0.2) is 0 Å². The molecule has 1 aromatic carbocycles. The smallest absolute Gasteiger partial charge is 0.311 e. The molecule has 1 aliphatic rings. The first-order valence-corrected chi connectivity index (χ1v) is 9.02. The Hall–Kier alpha value is -2.63. The molecule has 1 aliphatic heterocycles. The summed E-state index contributed by atoms with van der Waals surface area (Å²) in [5.74, 6) is 0.0522. The lowest BCUT2D eigenvalue weighted by Gasteiger charge is -2.31. The zero-order valence-electron chi connectivity index (χ0n) is 15.2. The van der Waals surface area contributed by atoms with E-state index in [1.807, 2.05) is 38.1 Å². The van der Waals surface area contributed by atoms with Crippen LogP contribution in [0.5, 0.6) is 0 Å². The van der Waals surface area contributed by atoms with Crippen molar-refractivity contribution in [2.75, 3.05) is 13.1 Å². The van der Waals surface area contributed by atoms with Gasteiger partial charge in [-0.3, -0.25) is 9.59 Å². The number of amides is 1. The second-order valence-corrected chi connectivity index (χ2v) is 6.65. The summed E-state index contributed by atoms with van der Waals surface area (Å²) >= 11 is 0. The van der Waals surface area contributed by atoms with Gasteiger partial charge in [-0.2, -0.15) is 0 Å². The number of carbonyl (C=O) groups is 2. The van der Waals surface area contributed by atoms with Crippen molar-refractivity contribution in [3.8, 4) is 11.5 Å². The van der Waals surface area contributed by atoms with Crippen LogP contribution in [-0.2, 0) is 20.9 Å². The number of likely N-dealkylation sites (tertiary alicyclic amines) is 1. The van der Waals surface area contributed by atoms with E-state index in [9.17, 15) is 9.59 Å². The fraction of sp³-hybridized carbons (Fsp3) is 0.450. The maximum absolute atomic E-state index is 12.3. The number of aryl methyl sites for hydroxylation is 1. The SMILES string of the molecule is CCC(=O)N1CCCC(C(=O)OCc2coc(-c3ccc(C)cc3)n2)C1. The zero-order valence-corrected chi connectivity index (χ0v) is 15.2. The van der Waals surface area contributed by atoms with Crippen LogP contribution in [0.25, 0.3) is 11.5 Å². The van der Waals surface area contributed by atoms with Gasteiger partial charge in [-0.05, 0) is 31.9 Å². The van der Waals surface area contributed by atoms with Gasteiger partial charge in [0.05, 0.1) is 5.92 Å². The summed E-state index contributed by atoms with van der Waals surface area (Å²) < 4.78 is 10.9. The van der Waals surface area contributed by atoms with Crippen molar-refractivity contribution in [3.63, 3.8) is 0 Å². The molecule has 3 rings (SSSR count). The van der Waals surface area contributed by atoms with E-state index in [4.69, 9.17) is 9.15 Å². The summed E-state index contributed by atoms with van der Waals surface area (Å²) in [6, 6.07) is 7.87. The van der Waals surface area contributed by atoms with Crippen LogP contribution in [0.2, 0.25) is 0 Å². The van der Waals surface area contributed by atoms with Crippen LogP contribution in [-0.4, -0.2) is 34.8 Å². The molecule has 1 atom stereocenters. The molecule has 2 heterocycles. The first-order valence-electron chi connectivity index (χ1n) is 9.02. The zero-order chi connectivity index (χ0) is 18.5. The van der Waals surface area contributed by atoms with Gasteiger partial charge in [-0.1, -0.05) is 24.6 Å². The monoisotopic (exact) mass is 356 g/mol. The maximum atomic E-state index is 12.3. The molecule has 0 saturated carbocycles. The van der Waals surface area contributed by atoms with Crippen LogP contribution < -0.4 is 0 Å². The summed E-state index contributed by atoms with van der Waals surface area (Å²) in [4.78, 5) is 30.3. The van der Waals surface area contributed by atoms with Gasteiger partial charge in [-0.25, -0.2) is 4.98 Å². The number of benzene rings is 1. The molecule has 26 heavy (non-hydrogen) atoms. The lowest BCUT2D eigenvalue weighted by atomic mass is 9.98. The normalized spacial score (nSPS) is 17.2. The molecule has 1 unspecified atom stereocenters. The van der Waals surface area contributed by atoms with Crippen molar-refractivity contribution in [1.29, 1.82) is 0 Å². The average molecular weight is 356 g/mol. The second-order valence-electron chi connectivity index (χ2n) is 6.65. The van der Waals surface area contributed by atoms with Crippen LogP contribution in [0.15, 0.2) is 34.9 Å². The largest absolute Gasteiger partial charge is 0.459 e. The highest BCUT2D eigenvalue weighted by molar-refractivity contribution is 5.78. The summed E-state index contributed by atoms with van der Waals surface area (Å²) in [6.07, 6.45) is 3.55. The summed E-state index contributed by atoms with van der Waals surface area (Å²) in [5.41, 5.74) is 2.62. The Kier molecular flexibility index (Phi) is 5.71. The highest BCUT2D eigenvalue weighted by Crippen LogP contribution is 2.21. The van der Waals surface area contributed by atoms with Gasteiger partial charge in [0, 0.05) is 25.1 Å². The van der Waals surface area contributed by atoms with Gasteiger partial charge >= 0.3 is 5.97 Å². The third-order valence-corrected chi connectivity index (χ3v) is 4.62. The summed E-state index contributed by atoms with van der Waals surface area (Å²) in [5, 5.41) is 0. The predicted octanol–water partition coefficient (Wildman–Crippen LogP) is 3.34. The van der Waals surface area contributed by atoms with Crippen molar-refractivity contribution < 1.29 is 18.7 Å². The highest BCUT2D eigenvalue weighted by Gasteiger charge is 2.29. The van der Waals surface area contributed by atoms with Gasteiger partial charge in [0.2, 0.25) is 11.8 Å². The number of aromatic nitrogens is 1. The van der Waals surface area contributed by atoms with Gasteiger partial charge < -0.3 is 14.1 Å². The molecular formula is C20H24N2O4. The van der Waals surface area contributed by atoms with Crippen LogP contribution in [0.3, 0.4) is 0 Å². The lowest BCUT2D eigenvalue weighted by Crippen LogP contribution is -2.42. The number of piperidine rings is 1. The Balaban J connectivity index is 1.55. The van der Waals surface area contributed by atoms with E-state index in [2.05, 4.69) is 4.98 Å². The molecule has 1 aromatic heterocycles. The summed E-state index contributed by atoms with van der Waals surface area (Å²) in [6.45, 7) is 5.09. The highest BCUT2D eigenvalue weighted by atomic mass is 16.5. The molecule has 1 fully saturated rings. The molecule has 0 aliphatic carbocycles. The van der Waals surface area contributed by atoms with Crippen molar-refractivity contribution in [3.05, 3.63) is 41.8 Å². The number of rotatable bonds is 5. The number of oxazole rings is 1. The number of hydrogen-bond donors (Lipinski definition) is 0. The molecule has 0 radical (unpaired) electrons. The van der Waals surface area contributed by atoms with Gasteiger partial charge in [0.25, 0.3) is 0 Å².